The van der Waals surface area contributed by atoms with Gasteiger partial charge in [-0.25, -0.2) is 9.67 Å². The number of carbonyl (C=O) groups is 2. The van der Waals surface area contributed by atoms with Gasteiger partial charge in [0.05, 0.1) is 18.8 Å². The van der Waals surface area contributed by atoms with E-state index >= 15 is 0 Å². The Kier molecular flexibility index (Phi) is 10.9. The molecule has 1 aromatic carbocycles. The van der Waals surface area contributed by atoms with Crippen LogP contribution in [-0.2, 0) is 31.0 Å². The van der Waals surface area contributed by atoms with E-state index in [1.54, 1.807) is 24.2 Å². The van der Waals surface area contributed by atoms with Crippen LogP contribution < -0.4 is 15.4 Å². The zero-order chi connectivity index (χ0) is 28.3. The number of nitrogens with zero attached hydrogens (tertiary/aromatic N) is 7. The average molecular weight is 570 g/mol. The van der Waals surface area contributed by atoms with Gasteiger partial charge in [0, 0.05) is 50.9 Å². The molecule has 0 saturated heterocycles. The fraction of sp³-hybridized carbons (Fsp3) is 0.556. The van der Waals surface area contributed by atoms with Gasteiger partial charge in [0.25, 0.3) is 5.91 Å². The van der Waals surface area contributed by atoms with Crippen molar-refractivity contribution < 1.29 is 14.3 Å². The van der Waals surface area contributed by atoms with Crippen molar-refractivity contribution in [2.45, 2.75) is 65.3 Å². The zero-order valence-electron chi connectivity index (χ0n) is 23.5. The average Bonchev–Trinajstić information content (AvgIpc) is 3.60. The van der Waals surface area contributed by atoms with E-state index < -0.39 is 6.04 Å². The highest BCUT2D eigenvalue weighted by Crippen LogP contribution is 2.18. The minimum Gasteiger partial charge on any atom is -0.494 e. The Labute approximate surface area is 239 Å². The summed E-state index contributed by atoms with van der Waals surface area (Å²) in [6.07, 6.45) is 7.53. The van der Waals surface area contributed by atoms with Crippen molar-refractivity contribution in [3.8, 4) is 5.75 Å². The van der Waals surface area contributed by atoms with Crippen LogP contribution in [0.5, 0.6) is 5.75 Å². The van der Waals surface area contributed by atoms with Gasteiger partial charge >= 0.3 is 0 Å². The van der Waals surface area contributed by atoms with Crippen LogP contribution in [0.3, 0.4) is 0 Å². The number of aromatic nitrogens is 6. The highest BCUT2D eigenvalue weighted by Gasteiger charge is 2.22. The van der Waals surface area contributed by atoms with Gasteiger partial charge in [0.2, 0.25) is 5.91 Å². The fourth-order valence-corrected chi connectivity index (χ4v) is 5.04. The van der Waals surface area contributed by atoms with E-state index in [1.165, 1.54) is 0 Å². The first-order valence-electron chi connectivity index (χ1n) is 13.8. The number of hydrogen-bond acceptors (Lipinski definition) is 9. The Morgan fingerprint density at radius 2 is 2.08 bits per heavy atom. The predicted octanol–water partition coefficient (Wildman–Crippen LogP) is 2.04. The van der Waals surface area contributed by atoms with Crippen LogP contribution in [-0.4, -0.2) is 84.2 Å². The molecule has 1 aliphatic heterocycles. The number of amides is 2. The summed E-state index contributed by atoms with van der Waals surface area (Å²) in [5, 5.41) is 19.0. The molecule has 0 radical (unpaired) electrons. The second kappa shape index (κ2) is 14.8. The molecule has 3 heterocycles. The van der Waals surface area contributed by atoms with Gasteiger partial charge in [-0.1, -0.05) is 11.3 Å². The maximum absolute atomic E-state index is 13.2. The first-order valence-corrected chi connectivity index (χ1v) is 15.1. The Hall–Kier alpha value is -3.45. The molecular weight excluding hydrogens is 530 g/mol. The molecule has 12 nitrogen and oxygen atoms in total. The topological polar surface area (TPSA) is 132 Å². The van der Waals surface area contributed by atoms with Crippen molar-refractivity contribution in [3.05, 3.63) is 53.4 Å². The SMILES string of the molecule is CCn1ncnc1CN1CCCNC(=O)[C@H](CCSC)NC(=O)c2cc(ccc2C)OCCCn2cc(nn2)C1. The maximum atomic E-state index is 13.2. The summed E-state index contributed by atoms with van der Waals surface area (Å²) in [5.41, 5.74) is 2.19. The second-order valence-electron chi connectivity index (χ2n) is 9.81. The largest absolute Gasteiger partial charge is 0.494 e. The van der Waals surface area contributed by atoms with E-state index in [1.807, 2.05) is 47.8 Å². The molecule has 3 aromatic rings. The normalized spacial score (nSPS) is 18.0. The maximum Gasteiger partial charge on any atom is 0.252 e. The lowest BCUT2D eigenvalue weighted by molar-refractivity contribution is -0.123. The lowest BCUT2D eigenvalue weighted by atomic mass is 10.1. The summed E-state index contributed by atoms with van der Waals surface area (Å²) in [5.74, 6) is 1.80. The molecule has 0 saturated carbocycles. The number of carbonyl (C=O) groups excluding carboxylic acids is 2. The molecule has 4 rings (SSSR count). The predicted molar refractivity (Wildman–Crippen MR) is 153 cm³/mol. The first-order chi connectivity index (χ1) is 19.5. The molecule has 2 amide bonds. The summed E-state index contributed by atoms with van der Waals surface area (Å²) < 4.78 is 9.65. The molecule has 0 spiro atoms. The van der Waals surface area contributed by atoms with E-state index in [4.69, 9.17) is 4.74 Å². The van der Waals surface area contributed by atoms with Crippen LogP contribution in [0.1, 0.15) is 53.6 Å². The summed E-state index contributed by atoms with van der Waals surface area (Å²) in [4.78, 5) is 33.0. The standard InChI is InChI=1S/C27H39N9O3S/c1-4-36-25(29-19-30-36)18-34-11-5-10-28-27(38)24(9-14-40-3)31-26(37)23-15-22(8-7-20(23)2)39-13-6-12-35-17-21(16-34)32-33-35/h7-8,15,17,19,24H,4-6,9-14,16,18H2,1-3H3,(H,28,38)(H,31,37)/t24-/m0/s1. The van der Waals surface area contributed by atoms with Crippen molar-refractivity contribution in [3.63, 3.8) is 0 Å². The second-order valence-corrected chi connectivity index (χ2v) is 10.8. The minimum atomic E-state index is -0.622. The molecule has 0 aliphatic carbocycles. The van der Waals surface area contributed by atoms with Crippen LogP contribution in [0.4, 0.5) is 0 Å². The van der Waals surface area contributed by atoms with Crippen molar-refractivity contribution in [2.24, 2.45) is 0 Å². The monoisotopic (exact) mass is 569 g/mol. The number of benzene rings is 1. The Morgan fingerprint density at radius 3 is 2.90 bits per heavy atom. The number of aryl methyl sites for hydroxylation is 3. The minimum absolute atomic E-state index is 0.179. The smallest absolute Gasteiger partial charge is 0.252 e. The Bertz CT molecular complexity index is 1260. The van der Waals surface area contributed by atoms with E-state index in [-0.39, 0.29) is 11.8 Å². The molecule has 13 heteroatoms. The van der Waals surface area contributed by atoms with Gasteiger partial charge in [-0.2, -0.15) is 16.9 Å². The summed E-state index contributed by atoms with van der Waals surface area (Å²) in [6, 6.07) is 4.85. The Balaban J connectivity index is 1.52. The van der Waals surface area contributed by atoms with E-state index in [2.05, 4.69) is 35.9 Å². The van der Waals surface area contributed by atoms with Crippen LogP contribution in [0.15, 0.2) is 30.7 Å². The quantitative estimate of drug-likeness (QED) is 0.458. The Morgan fingerprint density at radius 1 is 1.20 bits per heavy atom. The van der Waals surface area contributed by atoms with Crippen LogP contribution in [0.25, 0.3) is 0 Å². The number of thioether (sulfide) groups is 1. The molecule has 4 bridgehead atoms. The summed E-state index contributed by atoms with van der Waals surface area (Å²) in [6.45, 7) is 8.19. The molecule has 1 aliphatic rings. The highest BCUT2D eigenvalue weighted by molar-refractivity contribution is 7.98. The molecule has 0 unspecified atom stereocenters. The van der Waals surface area contributed by atoms with Crippen LogP contribution >= 0.6 is 11.8 Å². The number of hydrogen-bond donors (Lipinski definition) is 2. The van der Waals surface area contributed by atoms with Crippen molar-refractivity contribution in [1.29, 1.82) is 0 Å². The first kappa shape index (κ1) is 29.5. The van der Waals surface area contributed by atoms with Gasteiger partial charge in [-0.3, -0.25) is 19.2 Å². The van der Waals surface area contributed by atoms with Gasteiger partial charge in [0.15, 0.2) is 0 Å². The summed E-state index contributed by atoms with van der Waals surface area (Å²) >= 11 is 1.64. The zero-order valence-corrected chi connectivity index (χ0v) is 24.3. The van der Waals surface area contributed by atoms with Crippen molar-refractivity contribution >= 4 is 23.6 Å². The van der Waals surface area contributed by atoms with Gasteiger partial charge in [-0.05, 0) is 56.4 Å². The molecular formula is C27H39N9O3S. The molecule has 2 aromatic heterocycles. The summed E-state index contributed by atoms with van der Waals surface area (Å²) in [7, 11) is 0. The van der Waals surface area contributed by atoms with Crippen LogP contribution in [0, 0.1) is 6.92 Å². The third kappa shape index (κ3) is 8.28. The van der Waals surface area contributed by atoms with Gasteiger partial charge in [0.1, 0.15) is 23.9 Å². The molecule has 216 valence electrons. The van der Waals surface area contributed by atoms with Crippen molar-refractivity contribution in [2.75, 3.05) is 31.7 Å². The highest BCUT2D eigenvalue weighted by atomic mass is 32.2. The van der Waals surface area contributed by atoms with Crippen LogP contribution in [0.2, 0.25) is 0 Å². The van der Waals surface area contributed by atoms with E-state index in [9.17, 15) is 9.59 Å². The fourth-order valence-electron chi connectivity index (χ4n) is 4.57. The number of fused-ring (bicyclic) bond motifs is 4. The van der Waals surface area contributed by atoms with Crippen molar-refractivity contribution in [1.82, 2.24) is 45.3 Å². The number of nitrogens with one attached hydrogen (secondary N) is 2. The molecule has 2 N–H and O–H groups in total. The molecule has 40 heavy (non-hydrogen) atoms. The van der Waals surface area contributed by atoms with Gasteiger partial charge < -0.3 is 15.4 Å². The number of rotatable bonds is 6. The van der Waals surface area contributed by atoms with Gasteiger partial charge in [-0.15, -0.1) is 5.10 Å². The molecule has 0 fully saturated rings. The lowest BCUT2D eigenvalue weighted by Crippen LogP contribution is -2.47. The lowest BCUT2D eigenvalue weighted by Gasteiger charge is -2.22. The third-order valence-corrected chi connectivity index (χ3v) is 7.41. The number of ether oxygens (including phenoxy) is 1. The van der Waals surface area contributed by atoms with E-state index in [0.29, 0.717) is 57.1 Å². The third-order valence-electron chi connectivity index (χ3n) is 6.77. The van der Waals surface area contributed by atoms with E-state index in [0.717, 1.165) is 42.2 Å². The molecule has 1 atom stereocenters.